The Morgan fingerprint density at radius 1 is 0.241 bits per heavy atom. The lowest BCUT2D eigenvalue weighted by Gasteiger charge is -2.29. The van der Waals surface area contributed by atoms with Gasteiger partial charge in [0.1, 0.15) is 0 Å². The van der Waals surface area contributed by atoms with Gasteiger partial charge in [0.15, 0.2) is 0 Å². The number of para-hydroxylation sites is 8. The molecule has 0 aliphatic rings. The third-order valence-electron chi connectivity index (χ3n) is 11.8. The van der Waals surface area contributed by atoms with Crippen molar-refractivity contribution in [2.45, 2.75) is 0 Å². The molecule has 0 bridgehead atoms. The molecule has 3 aromatic heterocycles. The Bertz CT molecular complexity index is 3190. The van der Waals surface area contributed by atoms with Crippen LogP contribution in [0.25, 0.3) is 82.5 Å². The van der Waals surface area contributed by atoms with Gasteiger partial charge in [-0.15, -0.1) is 0 Å². The number of benzene rings is 9. The number of hydrogen-bond donors (Lipinski definition) is 0. The zero-order chi connectivity index (χ0) is 38.2. The van der Waals surface area contributed by atoms with Crippen molar-refractivity contribution < 1.29 is 0 Å². The normalized spacial score (nSPS) is 11.8. The summed E-state index contributed by atoms with van der Waals surface area (Å²) < 4.78 is 7.18. The van der Waals surface area contributed by atoms with E-state index in [1.165, 1.54) is 65.4 Å². The Morgan fingerprint density at radius 2 is 0.517 bits per heavy atom. The molecule has 0 saturated carbocycles. The van der Waals surface area contributed by atoms with E-state index in [2.05, 4.69) is 237 Å². The Labute approximate surface area is 335 Å². The van der Waals surface area contributed by atoms with Crippen LogP contribution in [0.15, 0.2) is 218 Å². The molecule has 0 radical (unpaired) electrons. The standard InChI is InChI=1S/C54H36N4/c1-7-21-47-41(15-1)42-16-2-8-22-48(42)56(47)39-33-29-37(30-34-39)55(38-31-35-40(36-32-38)57-49-23-9-3-17-43(49)44-18-4-10-24-50(44)57)53-27-13-14-28-54(53)58-51-25-11-5-19-45(51)46-20-6-12-26-52(46)58/h1-36H. The van der Waals surface area contributed by atoms with Crippen LogP contribution in [-0.2, 0) is 0 Å². The smallest absolute Gasteiger partial charge is 0.0702 e. The van der Waals surface area contributed by atoms with Crippen LogP contribution in [0.3, 0.4) is 0 Å². The third-order valence-corrected chi connectivity index (χ3v) is 11.8. The predicted octanol–water partition coefficient (Wildman–Crippen LogP) is 14.4. The molecule has 0 unspecified atom stereocenters. The first kappa shape index (κ1) is 32.4. The molecular weight excluding hydrogens is 705 g/mol. The maximum Gasteiger partial charge on any atom is 0.0702 e. The first-order chi connectivity index (χ1) is 28.8. The van der Waals surface area contributed by atoms with Gasteiger partial charge in [0.05, 0.1) is 44.5 Å². The molecule has 0 aliphatic heterocycles. The second-order valence-corrected chi connectivity index (χ2v) is 15.0. The van der Waals surface area contributed by atoms with E-state index in [1.807, 2.05) is 0 Å². The lowest BCUT2D eigenvalue weighted by molar-refractivity contribution is 1.14. The van der Waals surface area contributed by atoms with Crippen LogP contribution in [0, 0.1) is 0 Å². The minimum absolute atomic E-state index is 1.07. The third kappa shape index (κ3) is 4.82. The maximum absolute atomic E-state index is 2.42. The van der Waals surface area contributed by atoms with Crippen LogP contribution >= 0.6 is 0 Å². The molecule has 12 aromatic rings. The van der Waals surface area contributed by atoms with Crippen molar-refractivity contribution in [3.8, 4) is 17.1 Å². The van der Waals surface area contributed by atoms with Crippen molar-refractivity contribution in [1.82, 2.24) is 13.7 Å². The number of fused-ring (bicyclic) bond motifs is 9. The van der Waals surface area contributed by atoms with Crippen molar-refractivity contribution in [3.05, 3.63) is 218 Å². The van der Waals surface area contributed by atoms with Crippen molar-refractivity contribution in [3.63, 3.8) is 0 Å². The van der Waals surface area contributed by atoms with E-state index in [0.717, 1.165) is 34.1 Å². The molecule has 4 heteroatoms. The Balaban J connectivity index is 1.06. The molecule has 9 aromatic carbocycles. The average molecular weight is 741 g/mol. The van der Waals surface area contributed by atoms with E-state index < -0.39 is 0 Å². The minimum atomic E-state index is 1.07. The largest absolute Gasteiger partial charge is 0.309 e. The van der Waals surface area contributed by atoms with Crippen molar-refractivity contribution in [1.29, 1.82) is 0 Å². The number of rotatable bonds is 6. The monoisotopic (exact) mass is 740 g/mol. The van der Waals surface area contributed by atoms with Crippen LogP contribution in [-0.4, -0.2) is 13.7 Å². The summed E-state index contributed by atoms with van der Waals surface area (Å²) in [5, 5.41) is 7.51. The fraction of sp³-hybridized carbons (Fsp3) is 0. The number of nitrogens with zero attached hydrogens (tertiary/aromatic N) is 4. The molecule has 4 nitrogen and oxygen atoms in total. The fourth-order valence-corrected chi connectivity index (χ4v) is 9.35. The minimum Gasteiger partial charge on any atom is -0.309 e. The second kappa shape index (κ2) is 12.9. The molecule has 12 rings (SSSR count). The number of anilines is 3. The Kier molecular flexibility index (Phi) is 7.20. The SMILES string of the molecule is c1ccc(-n2c3ccccc3c3ccccc32)c(N(c2ccc(-n3c4ccccc4c4ccccc43)cc2)c2ccc(-n3c4ccccc4c4ccccc43)cc2)c1. The van der Waals surface area contributed by atoms with Crippen LogP contribution in [0.5, 0.6) is 0 Å². The van der Waals surface area contributed by atoms with Crippen LogP contribution in [0.2, 0.25) is 0 Å². The number of hydrogen-bond acceptors (Lipinski definition) is 1. The average Bonchev–Trinajstić information content (AvgIpc) is 3.93. The summed E-state index contributed by atoms with van der Waals surface area (Å²) >= 11 is 0. The summed E-state index contributed by atoms with van der Waals surface area (Å²) in [6.45, 7) is 0. The molecule has 0 amide bonds. The molecule has 0 atom stereocenters. The Hall–Kier alpha value is -7.82. The summed E-state index contributed by atoms with van der Waals surface area (Å²) in [4.78, 5) is 2.41. The molecule has 0 spiro atoms. The van der Waals surface area contributed by atoms with Crippen LogP contribution < -0.4 is 4.90 Å². The zero-order valence-corrected chi connectivity index (χ0v) is 31.6. The highest BCUT2D eigenvalue weighted by Gasteiger charge is 2.21. The first-order valence-electron chi connectivity index (χ1n) is 19.9. The van der Waals surface area contributed by atoms with Crippen molar-refractivity contribution in [2.24, 2.45) is 0 Å². The van der Waals surface area contributed by atoms with Gasteiger partial charge in [0.25, 0.3) is 0 Å². The van der Waals surface area contributed by atoms with Gasteiger partial charge >= 0.3 is 0 Å². The number of aromatic nitrogens is 3. The maximum atomic E-state index is 2.42. The van der Waals surface area contributed by atoms with Gasteiger partial charge in [-0.1, -0.05) is 121 Å². The summed E-state index contributed by atoms with van der Waals surface area (Å²) in [6, 6.07) is 79.2. The van der Waals surface area contributed by atoms with Gasteiger partial charge in [-0.3, -0.25) is 0 Å². The van der Waals surface area contributed by atoms with E-state index in [4.69, 9.17) is 0 Å². The predicted molar refractivity (Wildman–Crippen MR) is 244 cm³/mol. The van der Waals surface area contributed by atoms with E-state index >= 15 is 0 Å². The quantitative estimate of drug-likeness (QED) is 0.166. The highest BCUT2D eigenvalue weighted by atomic mass is 15.2. The lowest BCUT2D eigenvalue weighted by Crippen LogP contribution is -2.13. The molecule has 0 fully saturated rings. The highest BCUT2D eigenvalue weighted by Crippen LogP contribution is 2.43. The van der Waals surface area contributed by atoms with Gasteiger partial charge in [0, 0.05) is 55.1 Å². The molecule has 0 aliphatic carbocycles. The summed E-state index contributed by atoms with van der Waals surface area (Å²) in [7, 11) is 0. The summed E-state index contributed by atoms with van der Waals surface area (Å²) in [5.74, 6) is 0. The van der Waals surface area contributed by atoms with Gasteiger partial charge in [-0.25, -0.2) is 0 Å². The van der Waals surface area contributed by atoms with Gasteiger partial charge in [-0.2, -0.15) is 0 Å². The zero-order valence-electron chi connectivity index (χ0n) is 31.6. The van der Waals surface area contributed by atoms with E-state index in [0.29, 0.717) is 0 Å². The second-order valence-electron chi connectivity index (χ2n) is 15.0. The van der Waals surface area contributed by atoms with E-state index in [9.17, 15) is 0 Å². The Morgan fingerprint density at radius 3 is 0.862 bits per heavy atom. The highest BCUT2D eigenvalue weighted by molar-refractivity contribution is 6.11. The van der Waals surface area contributed by atoms with E-state index in [1.54, 1.807) is 0 Å². The van der Waals surface area contributed by atoms with Crippen molar-refractivity contribution in [2.75, 3.05) is 4.90 Å². The summed E-state index contributed by atoms with van der Waals surface area (Å²) in [6.07, 6.45) is 0. The van der Waals surface area contributed by atoms with Crippen LogP contribution in [0.4, 0.5) is 17.1 Å². The first-order valence-corrected chi connectivity index (χ1v) is 19.9. The molecule has 3 heterocycles. The van der Waals surface area contributed by atoms with Crippen LogP contribution in [0.1, 0.15) is 0 Å². The molecule has 272 valence electrons. The molecule has 58 heavy (non-hydrogen) atoms. The summed E-state index contributed by atoms with van der Waals surface area (Å²) in [5.41, 5.74) is 13.7. The molecule has 0 N–H and O–H groups in total. The molecule has 0 saturated heterocycles. The topological polar surface area (TPSA) is 18.0 Å². The lowest BCUT2D eigenvalue weighted by atomic mass is 10.1. The van der Waals surface area contributed by atoms with Gasteiger partial charge in [0.2, 0.25) is 0 Å². The van der Waals surface area contributed by atoms with Gasteiger partial charge in [-0.05, 0) is 97.1 Å². The van der Waals surface area contributed by atoms with E-state index in [-0.39, 0.29) is 0 Å². The van der Waals surface area contributed by atoms with Crippen molar-refractivity contribution >= 4 is 82.5 Å². The molecular formula is C54H36N4. The fourth-order valence-electron chi connectivity index (χ4n) is 9.35. The van der Waals surface area contributed by atoms with Gasteiger partial charge < -0.3 is 18.6 Å².